The number of ether oxygens (including phenoxy) is 1. The molecule has 1 aliphatic heterocycles. The van der Waals surface area contributed by atoms with Crippen molar-refractivity contribution in [2.45, 2.75) is 19.3 Å². The summed E-state index contributed by atoms with van der Waals surface area (Å²) in [5.41, 5.74) is 0.634. The average molecular weight is 363 g/mol. The Hall–Kier alpha value is -2.34. The van der Waals surface area contributed by atoms with Crippen molar-refractivity contribution in [3.63, 3.8) is 0 Å². The maximum Gasteiger partial charge on any atom is 0.233 e. The molecule has 2 aliphatic rings. The fourth-order valence-electron chi connectivity index (χ4n) is 3.23. The van der Waals surface area contributed by atoms with E-state index in [1.807, 2.05) is 0 Å². The van der Waals surface area contributed by atoms with Gasteiger partial charge in [-0.1, -0.05) is 17.7 Å². The van der Waals surface area contributed by atoms with Crippen molar-refractivity contribution < 1.29 is 19.1 Å². The van der Waals surface area contributed by atoms with Crippen LogP contribution in [0, 0.1) is 11.8 Å². The minimum Gasteiger partial charge on any atom is -0.497 e. The Morgan fingerprint density at radius 2 is 1.92 bits per heavy atom. The predicted octanol–water partition coefficient (Wildman–Crippen LogP) is 2.54. The first-order chi connectivity index (χ1) is 12.0. The molecule has 1 fully saturated rings. The third-order valence-electron chi connectivity index (χ3n) is 4.60. The summed E-state index contributed by atoms with van der Waals surface area (Å²) < 4.78 is 5.06. The third-order valence-corrected chi connectivity index (χ3v) is 4.91. The van der Waals surface area contributed by atoms with E-state index in [-0.39, 0.29) is 42.5 Å². The van der Waals surface area contributed by atoms with Crippen LogP contribution in [0.5, 0.6) is 5.75 Å². The molecule has 3 amide bonds. The van der Waals surface area contributed by atoms with Crippen LogP contribution in [0.2, 0.25) is 0 Å². The van der Waals surface area contributed by atoms with Crippen molar-refractivity contribution in [1.82, 2.24) is 4.90 Å². The molecular formula is C18H19ClN2O4. The minimum absolute atomic E-state index is 0.0596. The second-order valence-corrected chi connectivity index (χ2v) is 6.64. The molecule has 0 radical (unpaired) electrons. The van der Waals surface area contributed by atoms with Crippen LogP contribution in [-0.4, -0.2) is 36.3 Å². The number of carbonyl (C=O) groups excluding carboxylic acids is 3. The number of hydrogen-bond acceptors (Lipinski definition) is 4. The molecule has 0 saturated carbocycles. The van der Waals surface area contributed by atoms with E-state index in [0.717, 1.165) is 0 Å². The molecule has 0 unspecified atom stereocenters. The second-order valence-electron chi connectivity index (χ2n) is 6.16. The van der Waals surface area contributed by atoms with Gasteiger partial charge in [-0.15, -0.1) is 0 Å². The molecular weight excluding hydrogens is 344 g/mol. The molecule has 7 heteroatoms. The van der Waals surface area contributed by atoms with Gasteiger partial charge in [0.25, 0.3) is 0 Å². The number of imide groups is 1. The summed E-state index contributed by atoms with van der Waals surface area (Å²) in [4.78, 5) is 38.1. The number of halogens is 1. The van der Waals surface area contributed by atoms with E-state index in [1.165, 1.54) is 4.90 Å². The van der Waals surface area contributed by atoms with Crippen LogP contribution in [0.25, 0.3) is 0 Å². The van der Waals surface area contributed by atoms with Gasteiger partial charge in [0, 0.05) is 23.7 Å². The highest BCUT2D eigenvalue weighted by atomic mass is 35.5. The molecule has 3 rings (SSSR count). The van der Waals surface area contributed by atoms with Crippen LogP contribution in [0.4, 0.5) is 5.69 Å². The summed E-state index contributed by atoms with van der Waals surface area (Å²) in [7, 11) is 1.57. The highest BCUT2D eigenvalue weighted by Gasteiger charge is 2.48. The lowest BCUT2D eigenvalue weighted by Crippen LogP contribution is -2.34. The molecule has 1 N–H and O–H groups in total. The Kier molecular flexibility index (Phi) is 5.08. The van der Waals surface area contributed by atoms with E-state index in [4.69, 9.17) is 16.3 Å². The molecule has 6 nitrogen and oxygen atoms in total. The van der Waals surface area contributed by atoms with Crippen LogP contribution in [0.3, 0.4) is 0 Å². The first-order valence-electron chi connectivity index (χ1n) is 8.13. The van der Waals surface area contributed by atoms with Crippen molar-refractivity contribution in [3.05, 3.63) is 35.4 Å². The summed E-state index contributed by atoms with van der Waals surface area (Å²) in [6, 6.07) is 6.94. The normalized spacial score (nSPS) is 22.5. The molecule has 1 aromatic carbocycles. The van der Waals surface area contributed by atoms with E-state index in [2.05, 4.69) is 5.32 Å². The molecule has 0 spiro atoms. The van der Waals surface area contributed by atoms with Gasteiger partial charge >= 0.3 is 0 Å². The van der Waals surface area contributed by atoms with Gasteiger partial charge in [-0.25, -0.2) is 0 Å². The lowest BCUT2D eigenvalue weighted by molar-refractivity contribution is -0.140. The van der Waals surface area contributed by atoms with E-state index >= 15 is 0 Å². The molecule has 2 atom stereocenters. The molecule has 1 saturated heterocycles. The summed E-state index contributed by atoms with van der Waals surface area (Å²) in [6.07, 6.45) is 2.76. The Morgan fingerprint density at radius 3 is 2.60 bits per heavy atom. The monoisotopic (exact) mass is 362 g/mol. The topological polar surface area (TPSA) is 75.7 Å². The van der Waals surface area contributed by atoms with E-state index in [1.54, 1.807) is 37.5 Å². The van der Waals surface area contributed by atoms with Crippen LogP contribution < -0.4 is 10.1 Å². The second kappa shape index (κ2) is 7.27. The molecule has 0 bridgehead atoms. The maximum atomic E-state index is 12.4. The minimum atomic E-state index is -0.380. The van der Waals surface area contributed by atoms with Gasteiger partial charge in [0.2, 0.25) is 17.7 Å². The Bertz CT molecular complexity index is 729. The van der Waals surface area contributed by atoms with E-state index < -0.39 is 0 Å². The fraction of sp³-hybridized carbons (Fsp3) is 0.389. The number of methoxy groups -OCH3 is 1. The van der Waals surface area contributed by atoms with Gasteiger partial charge in [0.15, 0.2) is 0 Å². The van der Waals surface area contributed by atoms with Gasteiger partial charge in [-0.05, 0) is 37.1 Å². The number of hydrogen-bond donors (Lipinski definition) is 1. The lowest BCUT2D eigenvalue weighted by Gasteiger charge is -2.17. The number of likely N-dealkylation sites (tertiary alicyclic amines) is 1. The van der Waals surface area contributed by atoms with Crippen molar-refractivity contribution in [2.24, 2.45) is 11.8 Å². The van der Waals surface area contributed by atoms with Crippen molar-refractivity contribution in [2.75, 3.05) is 19.0 Å². The number of carbonyl (C=O) groups is 3. The van der Waals surface area contributed by atoms with E-state index in [9.17, 15) is 14.4 Å². The Balaban J connectivity index is 1.55. The first kappa shape index (κ1) is 17.5. The molecule has 0 aromatic heterocycles. The van der Waals surface area contributed by atoms with Crippen molar-refractivity contribution >= 4 is 35.0 Å². The predicted molar refractivity (Wildman–Crippen MR) is 93.1 cm³/mol. The summed E-state index contributed by atoms with van der Waals surface area (Å²) in [6.45, 7) is 0.0876. The molecule has 1 aliphatic carbocycles. The molecule has 132 valence electrons. The zero-order valence-corrected chi connectivity index (χ0v) is 14.6. The van der Waals surface area contributed by atoms with Gasteiger partial charge in [-0.2, -0.15) is 0 Å². The number of benzene rings is 1. The van der Waals surface area contributed by atoms with Gasteiger partial charge in [-0.3, -0.25) is 19.3 Å². The SMILES string of the molecule is COc1ccc(NC(=O)CCN2C(=O)[C@@H]3CC=C(Cl)C[C@H]3C2=O)cc1. The van der Waals surface area contributed by atoms with Crippen LogP contribution in [0.15, 0.2) is 35.4 Å². The molecule has 1 heterocycles. The van der Waals surface area contributed by atoms with Gasteiger partial charge < -0.3 is 10.1 Å². The maximum absolute atomic E-state index is 12.4. The smallest absolute Gasteiger partial charge is 0.233 e. The number of rotatable bonds is 5. The number of nitrogens with one attached hydrogen (secondary N) is 1. The Labute approximate surface area is 150 Å². The van der Waals surface area contributed by atoms with Gasteiger partial charge in [0.05, 0.1) is 18.9 Å². The number of amides is 3. The first-order valence-corrected chi connectivity index (χ1v) is 8.51. The Morgan fingerprint density at radius 1 is 1.24 bits per heavy atom. The van der Waals surface area contributed by atoms with E-state index in [0.29, 0.717) is 29.3 Å². The van der Waals surface area contributed by atoms with Crippen LogP contribution >= 0.6 is 11.6 Å². The highest BCUT2D eigenvalue weighted by molar-refractivity contribution is 6.30. The average Bonchev–Trinajstić information content (AvgIpc) is 2.84. The quantitative estimate of drug-likeness (QED) is 0.817. The van der Waals surface area contributed by atoms with Crippen molar-refractivity contribution in [1.29, 1.82) is 0 Å². The van der Waals surface area contributed by atoms with Crippen LogP contribution in [-0.2, 0) is 14.4 Å². The van der Waals surface area contributed by atoms with Crippen LogP contribution in [0.1, 0.15) is 19.3 Å². The summed E-state index contributed by atoms with van der Waals surface area (Å²) in [5.74, 6) is -0.696. The molecule has 1 aromatic rings. The standard InChI is InChI=1S/C18H19ClN2O4/c1-25-13-5-3-12(4-6-13)20-16(22)8-9-21-17(23)14-7-2-11(19)10-15(14)18(21)24/h2-6,14-15H,7-10H2,1H3,(H,20,22)/t14-,15-/m1/s1. The van der Waals surface area contributed by atoms with Gasteiger partial charge in [0.1, 0.15) is 5.75 Å². The summed E-state index contributed by atoms with van der Waals surface area (Å²) in [5, 5.41) is 3.37. The molecule has 25 heavy (non-hydrogen) atoms. The fourth-order valence-corrected chi connectivity index (χ4v) is 3.48. The number of fused-ring (bicyclic) bond motifs is 1. The largest absolute Gasteiger partial charge is 0.497 e. The van der Waals surface area contributed by atoms with Crippen molar-refractivity contribution in [3.8, 4) is 5.75 Å². The summed E-state index contributed by atoms with van der Waals surface area (Å²) >= 11 is 5.99. The zero-order chi connectivity index (χ0) is 18.0. The number of nitrogens with zero attached hydrogens (tertiary/aromatic N) is 1. The lowest BCUT2D eigenvalue weighted by atomic mass is 9.85. The number of anilines is 1. The highest BCUT2D eigenvalue weighted by Crippen LogP contribution is 2.38. The zero-order valence-electron chi connectivity index (χ0n) is 13.8. The third kappa shape index (κ3) is 3.69. The number of allylic oxidation sites excluding steroid dienone is 2.